The van der Waals surface area contributed by atoms with Crippen LogP contribution in [-0.4, -0.2) is 50.7 Å². The third-order valence-corrected chi connectivity index (χ3v) is 3.61. The van der Waals surface area contributed by atoms with E-state index in [1.54, 1.807) is 12.1 Å². The van der Waals surface area contributed by atoms with Crippen LogP contribution >= 0.6 is 0 Å². The molecule has 1 aliphatic heterocycles. The Morgan fingerprint density at radius 3 is 2.64 bits per heavy atom. The Labute approximate surface area is 128 Å². The van der Waals surface area contributed by atoms with Crippen LogP contribution in [0.25, 0.3) is 0 Å². The Balaban J connectivity index is 1.83. The topological polar surface area (TPSA) is 33.7 Å². The van der Waals surface area contributed by atoms with Crippen molar-refractivity contribution >= 4 is 0 Å². The van der Waals surface area contributed by atoms with E-state index < -0.39 is 6.36 Å². The van der Waals surface area contributed by atoms with Crippen molar-refractivity contribution in [3.8, 4) is 5.75 Å². The highest BCUT2D eigenvalue weighted by Crippen LogP contribution is 2.24. The normalized spacial score (nSPS) is 21.6. The molecule has 2 atom stereocenters. The summed E-state index contributed by atoms with van der Waals surface area (Å²) < 4.78 is 45.8. The van der Waals surface area contributed by atoms with Gasteiger partial charge in [-0.15, -0.1) is 13.2 Å². The minimum Gasteiger partial charge on any atom is -0.406 e. The summed E-state index contributed by atoms with van der Waals surface area (Å²) in [5.74, 6) is -0.208. The number of ether oxygens (including phenoxy) is 2. The van der Waals surface area contributed by atoms with Crippen LogP contribution in [0.1, 0.15) is 18.5 Å². The van der Waals surface area contributed by atoms with E-state index in [9.17, 15) is 13.2 Å². The summed E-state index contributed by atoms with van der Waals surface area (Å²) in [4.78, 5) is 2.21. The standard InChI is InChI=1S/C15H21F3N2O2/c1-11(19-9-14-10-20(2)7-8-21-14)12-3-5-13(6-4-12)22-15(16,17)18/h3-6,11,14,19H,7-10H2,1-2H3/t11-,14-/m0/s1. The minimum absolute atomic E-state index is 0.0239. The van der Waals surface area contributed by atoms with Gasteiger partial charge in [-0.25, -0.2) is 0 Å². The first-order valence-electron chi connectivity index (χ1n) is 7.23. The highest BCUT2D eigenvalue weighted by atomic mass is 19.4. The van der Waals surface area contributed by atoms with Gasteiger partial charge in [0.2, 0.25) is 0 Å². The lowest BCUT2D eigenvalue weighted by Crippen LogP contribution is -2.45. The van der Waals surface area contributed by atoms with E-state index in [1.165, 1.54) is 12.1 Å². The van der Waals surface area contributed by atoms with Gasteiger partial charge in [-0.1, -0.05) is 12.1 Å². The van der Waals surface area contributed by atoms with Crippen molar-refractivity contribution < 1.29 is 22.6 Å². The predicted octanol–water partition coefficient (Wildman–Crippen LogP) is 2.57. The first-order chi connectivity index (χ1) is 10.3. The molecule has 0 aromatic heterocycles. The smallest absolute Gasteiger partial charge is 0.406 e. The van der Waals surface area contributed by atoms with E-state index in [-0.39, 0.29) is 17.9 Å². The Bertz CT molecular complexity index is 465. The van der Waals surface area contributed by atoms with Gasteiger partial charge >= 0.3 is 6.36 Å². The largest absolute Gasteiger partial charge is 0.573 e. The van der Waals surface area contributed by atoms with Crippen LogP contribution in [-0.2, 0) is 4.74 Å². The molecular weight excluding hydrogens is 297 g/mol. The molecule has 0 aliphatic carbocycles. The van der Waals surface area contributed by atoms with E-state index >= 15 is 0 Å². The molecule has 2 rings (SSSR count). The number of hydrogen-bond donors (Lipinski definition) is 1. The van der Waals surface area contributed by atoms with Crippen LogP contribution < -0.4 is 10.1 Å². The maximum atomic E-state index is 12.1. The number of benzene rings is 1. The van der Waals surface area contributed by atoms with Crippen LogP contribution in [0.5, 0.6) is 5.75 Å². The summed E-state index contributed by atoms with van der Waals surface area (Å²) >= 11 is 0. The highest BCUT2D eigenvalue weighted by Gasteiger charge is 2.31. The molecule has 1 N–H and O–H groups in total. The molecular formula is C15H21F3N2O2. The third kappa shape index (κ3) is 5.47. The van der Waals surface area contributed by atoms with Gasteiger partial charge in [-0.05, 0) is 31.7 Å². The number of morpholine rings is 1. The van der Waals surface area contributed by atoms with Gasteiger partial charge in [0.15, 0.2) is 0 Å². The van der Waals surface area contributed by atoms with Crippen LogP contribution in [0.15, 0.2) is 24.3 Å². The highest BCUT2D eigenvalue weighted by molar-refractivity contribution is 5.29. The summed E-state index contributed by atoms with van der Waals surface area (Å²) in [5.41, 5.74) is 0.902. The summed E-state index contributed by atoms with van der Waals surface area (Å²) in [7, 11) is 2.05. The second kappa shape index (κ2) is 7.30. The molecule has 0 spiro atoms. The molecule has 22 heavy (non-hydrogen) atoms. The molecule has 0 bridgehead atoms. The van der Waals surface area contributed by atoms with Gasteiger partial charge in [0.1, 0.15) is 5.75 Å². The zero-order chi connectivity index (χ0) is 16.2. The first kappa shape index (κ1) is 17.1. The average Bonchev–Trinajstić information content (AvgIpc) is 2.44. The zero-order valence-corrected chi connectivity index (χ0v) is 12.7. The van der Waals surface area contributed by atoms with Crippen LogP contribution in [0.3, 0.4) is 0 Å². The number of likely N-dealkylation sites (N-methyl/N-ethyl adjacent to an activating group) is 1. The maximum Gasteiger partial charge on any atom is 0.573 e. The molecule has 1 fully saturated rings. The van der Waals surface area contributed by atoms with Crippen molar-refractivity contribution in [3.05, 3.63) is 29.8 Å². The van der Waals surface area contributed by atoms with E-state index in [0.29, 0.717) is 6.54 Å². The van der Waals surface area contributed by atoms with Gasteiger partial charge in [-0.3, -0.25) is 0 Å². The summed E-state index contributed by atoms with van der Waals surface area (Å²) in [6, 6.07) is 5.94. The number of nitrogens with zero attached hydrogens (tertiary/aromatic N) is 1. The molecule has 1 aromatic rings. The van der Waals surface area contributed by atoms with Crippen molar-refractivity contribution in [2.24, 2.45) is 0 Å². The molecule has 0 amide bonds. The lowest BCUT2D eigenvalue weighted by molar-refractivity contribution is -0.274. The van der Waals surface area contributed by atoms with E-state index in [0.717, 1.165) is 25.3 Å². The fourth-order valence-corrected chi connectivity index (χ4v) is 2.37. The Hall–Kier alpha value is -1.31. The molecule has 1 aliphatic rings. The van der Waals surface area contributed by atoms with E-state index in [4.69, 9.17) is 4.74 Å². The average molecular weight is 318 g/mol. The molecule has 1 saturated heterocycles. The summed E-state index contributed by atoms with van der Waals surface area (Å²) in [6.07, 6.45) is -4.52. The van der Waals surface area contributed by atoms with Crippen LogP contribution in [0.2, 0.25) is 0 Å². The number of alkyl halides is 3. The monoisotopic (exact) mass is 318 g/mol. The second-order valence-corrected chi connectivity index (χ2v) is 5.50. The summed E-state index contributed by atoms with van der Waals surface area (Å²) in [6.45, 7) is 5.20. The van der Waals surface area contributed by atoms with E-state index in [1.807, 2.05) is 6.92 Å². The summed E-state index contributed by atoms with van der Waals surface area (Å²) in [5, 5.41) is 3.34. The van der Waals surface area contributed by atoms with Crippen LogP contribution in [0.4, 0.5) is 13.2 Å². The Morgan fingerprint density at radius 1 is 1.36 bits per heavy atom. The number of halogens is 3. The van der Waals surface area contributed by atoms with Crippen molar-refractivity contribution in [2.75, 3.05) is 33.3 Å². The number of nitrogens with one attached hydrogen (secondary N) is 1. The molecule has 124 valence electrons. The molecule has 1 aromatic carbocycles. The third-order valence-electron chi connectivity index (χ3n) is 3.61. The van der Waals surface area contributed by atoms with E-state index in [2.05, 4.69) is 22.0 Å². The Morgan fingerprint density at radius 2 is 2.05 bits per heavy atom. The lowest BCUT2D eigenvalue weighted by atomic mass is 10.1. The maximum absolute atomic E-state index is 12.1. The van der Waals surface area contributed by atoms with Gasteiger partial charge < -0.3 is 19.7 Å². The minimum atomic E-state index is -4.66. The molecule has 1 heterocycles. The molecule has 0 saturated carbocycles. The zero-order valence-electron chi connectivity index (χ0n) is 12.7. The molecule has 4 nitrogen and oxygen atoms in total. The van der Waals surface area contributed by atoms with Gasteiger partial charge in [0.25, 0.3) is 0 Å². The van der Waals surface area contributed by atoms with Gasteiger partial charge in [0, 0.05) is 25.7 Å². The predicted molar refractivity (Wildman–Crippen MR) is 76.8 cm³/mol. The second-order valence-electron chi connectivity index (χ2n) is 5.50. The van der Waals surface area contributed by atoms with Crippen molar-refractivity contribution in [3.63, 3.8) is 0 Å². The lowest BCUT2D eigenvalue weighted by Gasteiger charge is -2.31. The molecule has 0 radical (unpaired) electrons. The van der Waals surface area contributed by atoms with Crippen molar-refractivity contribution in [1.29, 1.82) is 0 Å². The van der Waals surface area contributed by atoms with Crippen molar-refractivity contribution in [2.45, 2.75) is 25.4 Å². The van der Waals surface area contributed by atoms with Gasteiger partial charge in [0.05, 0.1) is 12.7 Å². The SMILES string of the molecule is C[C@H](NC[C@H]1CN(C)CCO1)c1ccc(OC(F)(F)F)cc1. The van der Waals surface area contributed by atoms with Crippen molar-refractivity contribution in [1.82, 2.24) is 10.2 Å². The van der Waals surface area contributed by atoms with Gasteiger partial charge in [-0.2, -0.15) is 0 Å². The first-order valence-corrected chi connectivity index (χ1v) is 7.23. The molecule has 0 unspecified atom stereocenters. The van der Waals surface area contributed by atoms with Crippen LogP contribution in [0, 0.1) is 0 Å². The number of rotatable bonds is 5. The number of hydrogen-bond acceptors (Lipinski definition) is 4. The fourth-order valence-electron chi connectivity index (χ4n) is 2.37. The Kier molecular flexibility index (Phi) is 5.66. The molecule has 7 heteroatoms. The quantitative estimate of drug-likeness (QED) is 0.905. The fraction of sp³-hybridized carbons (Fsp3) is 0.600.